The Morgan fingerprint density at radius 2 is 2.12 bits per heavy atom. The number of carboxylic acids is 1. The Hall–Kier alpha value is -1.84. The molecule has 1 heterocycles. The van der Waals surface area contributed by atoms with Crippen LogP contribution in [0.15, 0.2) is 24.3 Å². The van der Waals surface area contributed by atoms with E-state index in [2.05, 4.69) is 11.9 Å². The number of carbonyl (C=O) groups is 1. The van der Waals surface area contributed by atoms with Crippen molar-refractivity contribution in [3.63, 3.8) is 0 Å². The molecule has 2 rings (SSSR count). The Bertz CT molecular complexity index is 531. The van der Waals surface area contributed by atoms with Crippen LogP contribution in [-0.2, 0) is 6.54 Å². The smallest absolute Gasteiger partial charge is 0.372 e. The van der Waals surface area contributed by atoms with Gasteiger partial charge in [-0.3, -0.25) is 0 Å². The van der Waals surface area contributed by atoms with Gasteiger partial charge < -0.3 is 9.67 Å². The molecule has 0 saturated carbocycles. The highest BCUT2D eigenvalue weighted by atomic mass is 16.4. The zero-order valence-electron chi connectivity index (χ0n) is 9.89. The van der Waals surface area contributed by atoms with Crippen molar-refractivity contribution in [3.8, 4) is 0 Å². The maximum Gasteiger partial charge on any atom is 0.372 e. The molecule has 0 unspecified atom stereocenters. The zero-order chi connectivity index (χ0) is 12.3. The highest BCUT2D eigenvalue weighted by Gasteiger charge is 2.15. The first-order chi connectivity index (χ1) is 8.24. The van der Waals surface area contributed by atoms with Crippen molar-refractivity contribution in [3.05, 3.63) is 30.1 Å². The number of hydrogen-bond donors (Lipinski definition) is 1. The van der Waals surface area contributed by atoms with Crippen LogP contribution in [0, 0.1) is 0 Å². The molecule has 0 saturated heterocycles. The van der Waals surface area contributed by atoms with Crippen LogP contribution in [0.25, 0.3) is 11.0 Å². The van der Waals surface area contributed by atoms with E-state index >= 15 is 0 Å². The summed E-state index contributed by atoms with van der Waals surface area (Å²) in [6.07, 6.45) is 3.21. The lowest BCUT2D eigenvalue weighted by atomic mass is 10.2. The fourth-order valence-electron chi connectivity index (χ4n) is 1.99. The Labute approximate surface area is 99.9 Å². The fraction of sp³-hybridized carbons (Fsp3) is 0.385. The fourth-order valence-corrected chi connectivity index (χ4v) is 1.99. The first-order valence-electron chi connectivity index (χ1n) is 5.92. The van der Waals surface area contributed by atoms with Gasteiger partial charge >= 0.3 is 5.97 Å². The molecule has 0 bridgehead atoms. The summed E-state index contributed by atoms with van der Waals surface area (Å²) in [6.45, 7) is 2.85. The summed E-state index contributed by atoms with van der Waals surface area (Å²) < 4.78 is 1.80. The standard InChI is InChI=1S/C13H16N2O2/c1-2-3-6-9-15-11-8-5-4-7-10(11)14-12(15)13(16)17/h4-5,7-8H,2-3,6,9H2,1H3,(H,16,17). The third-order valence-corrected chi connectivity index (χ3v) is 2.83. The van der Waals surface area contributed by atoms with Crippen molar-refractivity contribution in [2.45, 2.75) is 32.7 Å². The van der Waals surface area contributed by atoms with Gasteiger partial charge in [0.05, 0.1) is 11.0 Å². The summed E-state index contributed by atoms with van der Waals surface area (Å²) >= 11 is 0. The van der Waals surface area contributed by atoms with Crippen molar-refractivity contribution >= 4 is 17.0 Å². The van der Waals surface area contributed by atoms with E-state index in [0.29, 0.717) is 0 Å². The van der Waals surface area contributed by atoms with Gasteiger partial charge in [0, 0.05) is 6.54 Å². The minimum atomic E-state index is -0.960. The van der Waals surface area contributed by atoms with E-state index in [-0.39, 0.29) is 5.82 Å². The van der Waals surface area contributed by atoms with Gasteiger partial charge in [0.2, 0.25) is 5.82 Å². The van der Waals surface area contributed by atoms with Crippen LogP contribution in [0.1, 0.15) is 36.8 Å². The van der Waals surface area contributed by atoms with E-state index in [1.54, 1.807) is 4.57 Å². The summed E-state index contributed by atoms with van der Waals surface area (Å²) in [6, 6.07) is 7.54. The molecule has 0 aliphatic heterocycles. The summed E-state index contributed by atoms with van der Waals surface area (Å²) in [5, 5.41) is 9.14. The number of nitrogens with zero attached hydrogens (tertiary/aromatic N) is 2. The molecule has 0 atom stereocenters. The highest BCUT2D eigenvalue weighted by molar-refractivity contribution is 5.89. The number of aromatic nitrogens is 2. The SMILES string of the molecule is CCCCCn1c(C(=O)O)nc2ccccc21. The molecule has 0 amide bonds. The second kappa shape index (κ2) is 4.99. The Kier molecular flexibility index (Phi) is 3.42. The molecule has 17 heavy (non-hydrogen) atoms. The number of fused-ring (bicyclic) bond motifs is 1. The number of carboxylic acid groups (broad SMARTS) is 1. The quantitative estimate of drug-likeness (QED) is 0.806. The highest BCUT2D eigenvalue weighted by Crippen LogP contribution is 2.17. The average molecular weight is 232 g/mol. The summed E-state index contributed by atoms with van der Waals surface area (Å²) in [5.74, 6) is -0.819. The molecular formula is C13H16N2O2. The molecule has 0 fully saturated rings. The minimum Gasteiger partial charge on any atom is -0.475 e. The van der Waals surface area contributed by atoms with Crippen LogP contribution >= 0.6 is 0 Å². The van der Waals surface area contributed by atoms with Gasteiger partial charge in [-0.15, -0.1) is 0 Å². The first-order valence-corrected chi connectivity index (χ1v) is 5.92. The lowest BCUT2D eigenvalue weighted by Crippen LogP contribution is -2.09. The topological polar surface area (TPSA) is 55.1 Å². The normalized spacial score (nSPS) is 10.9. The number of aryl methyl sites for hydroxylation is 1. The lowest BCUT2D eigenvalue weighted by Gasteiger charge is -2.05. The van der Waals surface area contributed by atoms with Gasteiger partial charge in [-0.1, -0.05) is 31.9 Å². The molecule has 0 aliphatic carbocycles. The predicted octanol–water partition coefficient (Wildman–Crippen LogP) is 2.92. The molecule has 4 heteroatoms. The number of hydrogen-bond acceptors (Lipinski definition) is 2. The lowest BCUT2D eigenvalue weighted by molar-refractivity contribution is 0.0678. The van der Waals surface area contributed by atoms with Gasteiger partial charge in [-0.05, 0) is 18.6 Å². The molecule has 0 aliphatic rings. The van der Waals surface area contributed by atoms with Crippen LogP contribution in [0.4, 0.5) is 0 Å². The largest absolute Gasteiger partial charge is 0.475 e. The minimum absolute atomic E-state index is 0.141. The van der Waals surface area contributed by atoms with E-state index < -0.39 is 5.97 Å². The number of unbranched alkanes of at least 4 members (excludes halogenated alkanes) is 2. The van der Waals surface area contributed by atoms with Crippen molar-refractivity contribution in [2.75, 3.05) is 0 Å². The Morgan fingerprint density at radius 1 is 1.35 bits per heavy atom. The van der Waals surface area contributed by atoms with Crippen LogP contribution < -0.4 is 0 Å². The second-order valence-corrected chi connectivity index (χ2v) is 4.09. The molecular weight excluding hydrogens is 216 g/mol. The van der Waals surface area contributed by atoms with Crippen LogP contribution in [-0.4, -0.2) is 20.6 Å². The zero-order valence-corrected chi connectivity index (χ0v) is 9.89. The average Bonchev–Trinajstić information content (AvgIpc) is 2.69. The van der Waals surface area contributed by atoms with Gasteiger partial charge in [-0.2, -0.15) is 0 Å². The number of rotatable bonds is 5. The third-order valence-electron chi connectivity index (χ3n) is 2.83. The van der Waals surface area contributed by atoms with Gasteiger partial charge in [-0.25, -0.2) is 9.78 Å². The third kappa shape index (κ3) is 2.30. The maximum atomic E-state index is 11.1. The molecule has 1 N–H and O–H groups in total. The summed E-state index contributed by atoms with van der Waals surface area (Å²) in [7, 11) is 0. The van der Waals surface area contributed by atoms with E-state index in [4.69, 9.17) is 5.11 Å². The Balaban J connectivity index is 2.41. The van der Waals surface area contributed by atoms with E-state index in [0.717, 1.165) is 36.8 Å². The summed E-state index contributed by atoms with van der Waals surface area (Å²) in [5.41, 5.74) is 1.66. The van der Waals surface area contributed by atoms with Crippen molar-refractivity contribution < 1.29 is 9.90 Å². The number of benzene rings is 1. The van der Waals surface area contributed by atoms with E-state index in [1.807, 2.05) is 24.3 Å². The van der Waals surface area contributed by atoms with Crippen LogP contribution in [0.3, 0.4) is 0 Å². The van der Waals surface area contributed by atoms with Crippen LogP contribution in [0.2, 0.25) is 0 Å². The molecule has 0 radical (unpaired) electrons. The van der Waals surface area contributed by atoms with Crippen molar-refractivity contribution in [1.29, 1.82) is 0 Å². The molecule has 1 aromatic heterocycles. The molecule has 1 aromatic carbocycles. The number of imidazole rings is 1. The van der Waals surface area contributed by atoms with Crippen molar-refractivity contribution in [1.82, 2.24) is 9.55 Å². The Morgan fingerprint density at radius 3 is 2.82 bits per heavy atom. The van der Waals surface area contributed by atoms with Gasteiger partial charge in [0.25, 0.3) is 0 Å². The van der Waals surface area contributed by atoms with Crippen molar-refractivity contribution in [2.24, 2.45) is 0 Å². The maximum absolute atomic E-state index is 11.1. The first kappa shape index (κ1) is 11.6. The second-order valence-electron chi connectivity index (χ2n) is 4.09. The predicted molar refractivity (Wildman–Crippen MR) is 66.2 cm³/mol. The molecule has 2 aromatic rings. The number of aromatic carboxylic acids is 1. The number of para-hydroxylation sites is 2. The van der Waals surface area contributed by atoms with E-state index in [1.165, 1.54) is 0 Å². The van der Waals surface area contributed by atoms with Gasteiger partial charge in [0.15, 0.2) is 0 Å². The molecule has 0 spiro atoms. The van der Waals surface area contributed by atoms with Crippen LogP contribution in [0.5, 0.6) is 0 Å². The van der Waals surface area contributed by atoms with Gasteiger partial charge in [0.1, 0.15) is 0 Å². The van der Waals surface area contributed by atoms with E-state index in [9.17, 15) is 4.79 Å². The molecule has 4 nitrogen and oxygen atoms in total. The summed E-state index contributed by atoms with van der Waals surface area (Å²) in [4.78, 5) is 15.3. The monoisotopic (exact) mass is 232 g/mol. The molecule has 90 valence electrons.